The third-order valence-corrected chi connectivity index (χ3v) is 17.0. The molecule has 0 aliphatic carbocycles. The summed E-state index contributed by atoms with van der Waals surface area (Å²) in [7, 11) is 2.21. The number of carbonyl (C=O) groups is 9. The first kappa shape index (κ1) is 66.8. The lowest BCUT2D eigenvalue weighted by Crippen LogP contribution is -2.55. The number of hydrogen-bond donors (Lipinski definition) is 4. The molecule has 4 aliphatic heterocycles. The van der Waals surface area contributed by atoms with E-state index in [9.17, 15) is 58.5 Å². The summed E-state index contributed by atoms with van der Waals surface area (Å²) < 4.78 is 234. The number of phenolic OH excluding ortho intramolecular Hbond substituents is 2. The first-order valence-corrected chi connectivity index (χ1v) is 26.7. The van der Waals surface area contributed by atoms with Gasteiger partial charge in [0.05, 0.1) is 67.1 Å². The van der Waals surface area contributed by atoms with Crippen LogP contribution in [0.3, 0.4) is 0 Å². The van der Waals surface area contributed by atoms with Crippen molar-refractivity contribution in [1.29, 1.82) is 0 Å². The predicted octanol–water partition coefficient (Wildman–Crippen LogP) is 12.8. The van der Waals surface area contributed by atoms with E-state index in [4.69, 9.17) is 0 Å². The molecule has 1 atom stereocenters. The van der Waals surface area contributed by atoms with Crippen molar-refractivity contribution in [3.05, 3.63) is 211 Å². The van der Waals surface area contributed by atoms with Crippen molar-refractivity contribution in [3.63, 3.8) is 0 Å². The van der Waals surface area contributed by atoms with Crippen LogP contribution < -0.4 is 20.0 Å². The van der Waals surface area contributed by atoms with Crippen molar-refractivity contribution in [1.82, 2.24) is 4.90 Å². The minimum atomic E-state index is -6.51. The number of nitrogens with zero attached hydrogens (tertiary/aromatic N) is 4. The number of phenols is 2. The second kappa shape index (κ2) is 21.5. The minimum Gasteiger partial charge on any atom is -0.506 e. The highest BCUT2D eigenvalue weighted by Crippen LogP contribution is 2.60. The molecule has 0 aromatic heterocycles. The number of amides is 8. The van der Waals surface area contributed by atoms with Crippen molar-refractivity contribution < 1.29 is 124 Å². The summed E-state index contributed by atoms with van der Waals surface area (Å²) in [6, 6.07) is 8.20. The van der Waals surface area contributed by atoms with E-state index in [1.54, 1.807) is 0 Å². The highest BCUT2D eigenvalue weighted by Gasteiger charge is 2.74. The zero-order valence-electron chi connectivity index (χ0n) is 47.1. The van der Waals surface area contributed by atoms with E-state index >= 15 is 65.9 Å². The number of rotatable bonds is 11. The van der Waals surface area contributed by atoms with Crippen LogP contribution in [-0.4, -0.2) is 118 Å². The molecule has 0 saturated carbocycles. The number of anilines is 4. The average Bonchev–Trinajstić information content (AvgIpc) is 1.68. The Morgan fingerprint density at radius 1 is 0.379 bits per heavy atom. The van der Waals surface area contributed by atoms with Crippen molar-refractivity contribution >= 4 is 76.0 Å². The molecule has 492 valence electrons. The van der Waals surface area contributed by atoms with Crippen LogP contribution in [-0.2, 0) is 16.2 Å². The van der Waals surface area contributed by atoms with Crippen molar-refractivity contribution in [3.8, 4) is 11.5 Å². The number of alkyl halides is 15. The Morgan fingerprint density at radius 2 is 0.674 bits per heavy atom. The zero-order chi connectivity index (χ0) is 69.2. The fourth-order valence-electron chi connectivity index (χ4n) is 12.2. The van der Waals surface area contributed by atoms with Crippen LogP contribution in [0.2, 0.25) is 0 Å². The molecule has 8 amide bonds. The molecule has 0 bridgehead atoms. The van der Waals surface area contributed by atoms with Gasteiger partial charge >= 0.3 is 36.9 Å². The molecule has 11 rings (SSSR count). The number of nitrogens with one attached hydrogen (secondary N) is 1. The van der Waals surface area contributed by atoms with Gasteiger partial charge in [0.2, 0.25) is 10.8 Å². The summed E-state index contributed by atoms with van der Waals surface area (Å²) in [5.74, 6) is -16.2. The molecule has 4 N–H and O–H groups in total. The summed E-state index contributed by atoms with van der Waals surface area (Å²) in [6.07, 6.45) is -31.5. The van der Waals surface area contributed by atoms with Gasteiger partial charge in [0.1, 0.15) is 16.9 Å². The lowest BCUT2D eigenvalue weighted by molar-refractivity contribution is -0.290. The maximum Gasteiger partial charge on any atom is 0.411 e. The molecule has 0 fully saturated rings. The van der Waals surface area contributed by atoms with Crippen molar-refractivity contribution in [2.24, 2.45) is 0 Å². The number of halogens is 15. The van der Waals surface area contributed by atoms with Gasteiger partial charge in [0, 0.05) is 19.8 Å². The molecule has 4 heterocycles. The summed E-state index contributed by atoms with van der Waals surface area (Å²) in [4.78, 5) is 122. The van der Waals surface area contributed by atoms with Gasteiger partial charge in [0.25, 0.3) is 47.3 Å². The minimum absolute atomic E-state index is 0. The van der Waals surface area contributed by atoms with Crippen molar-refractivity contribution in [2.45, 2.75) is 61.5 Å². The molecule has 7 aromatic rings. The Bertz CT molecular complexity index is 4600. The first-order valence-electron chi connectivity index (χ1n) is 26.7. The monoisotopic (exact) mass is 1340 g/mol. The Morgan fingerprint density at radius 3 is 1.00 bits per heavy atom. The summed E-state index contributed by atoms with van der Waals surface area (Å²) >= 11 is 0. The number of imide groups is 4. The lowest BCUT2D eigenvalue weighted by atomic mass is 9.71. The molecule has 32 heteroatoms. The molecule has 0 saturated heterocycles. The first-order chi connectivity index (χ1) is 43.5. The maximum atomic E-state index is 15.9. The van der Waals surface area contributed by atoms with Gasteiger partial charge < -0.3 is 20.6 Å². The van der Waals surface area contributed by atoms with E-state index in [1.165, 1.54) is 7.05 Å². The van der Waals surface area contributed by atoms with Crippen molar-refractivity contribution in [2.75, 3.05) is 34.1 Å². The Hall–Kier alpha value is -11.1. The average molecular weight is 1340 g/mol. The number of carboxylic acid groups (broad SMARTS) is 1. The third kappa shape index (κ3) is 9.28. The number of benzene rings is 7. The molecule has 0 radical (unpaired) electrons. The molecule has 0 spiro atoms. The number of aromatic hydroxyl groups is 2. The van der Waals surface area contributed by atoms with Crippen LogP contribution >= 0.6 is 0 Å². The quantitative estimate of drug-likeness (QED) is 0.0697. The number of carboxylic acids is 1. The summed E-state index contributed by atoms with van der Waals surface area (Å²) in [6.45, 7) is 0.376. The molecule has 17 nitrogen and oxygen atoms in total. The molecule has 1 unspecified atom stereocenters. The summed E-state index contributed by atoms with van der Waals surface area (Å²) in [5.41, 5.74) is -34.4. The maximum absolute atomic E-state index is 15.9. The fraction of sp³-hybridized carbons (Fsp3) is 0.190. The van der Waals surface area contributed by atoms with Crippen LogP contribution in [0.4, 0.5) is 88.6 Å². The standard InChI is InChI=1S/C62H34F15N5O12.CH4/c1-55(58(63,64)65,26-8-14-44(83)42(22-26)81-49(88)36-12-6-30(20-40(36)52(81)91)56(59(66,67)68,60(69,70)71)28-4-10-34-38(18-28)47(86)79(3)46(34)85)27-9-15-45(84)43(23-27)82-50(89)37-13-7-31(21-41(37)53(82)92)57(61(72,73)74,62(75,76)77)29-5-11-35-39(19-29)51(90)80(48(35)87)33-17-25(54(93)94)16-32(24-33)78-2;/h4-24,78,83-84H,1-3H3,(H,93,94);1H4. The van der Waals surface area contributed by atoms with Gasteiger partial charge in [-0.15, -0.1) is 0 Å². The van der Waals surface area contributed by atoms with Crippen LogP contribution in [0.15, 0.2) is 127 Å². The van der Waals surface area contributed by atoms with E-state index in [1.807, 2.05) is 0 Å². The molecular weight excluding hydrogens is 1300 g/mol. The largest absolute Gasteiger partial charge is 0.506 e. The second-order valence-electron chi connectivity index (χ2n) is 21.9. The van der Waals surface area contributed by atoms with Crippen LogP contribution in [0.5, 0.6) is 11.5 Å². The van der Waals surface area contributed by atoms with Gasteiger partial charge in [-0.1, -0.05) is 43.8 Å². The molecular formula is C63H38F15N5O12. The normalized spacial score (nSPS) is 15.9. The number of aromatic carboxylic acids is 1. The SMILES string of the molecule is C.CNc1cc(C(=O)O)cc(N2C(=O)c3ccc(C(c4ccc5c(c4)C(=O)N(c4cc(C(C)(c6ccc(O)c(N7C(=O)c8ccc(C(c9ccc%10c(c9)C(=O)N(C)C%10=O)(C(F)(F)F)C(F)(F)F)cc8C7=O)c6)C(F)(F)F)ccc4O)C5=O)(C(F)(F)F)C(F)(F)F)cc3C2=O)c1. The van der Waals surface area contributed by atoms with E-state index in [2.05, 4.69) is 5.32 Å². The third-order valence-electron chi connectivity index (χ3n) is 17.0. The Kier molecular flexibility index (Phi) is 15.1. The Balaban J connectivity index is 0.00000983. The second-order valence-corrected chi connectivity index (χ2v) is 21.9. The van der Waals surface area contributed by atoms with Gasteiger partial charge in [-0.25, -0.2) is 19.5 Å². The highest BCUT2D eigenvalue weighted by atomic mass is 19.4. The number of hydrogen-bond acceptors (Lipinski definition) is 12. The van der Waals surface area contributed by atoms with Gasteiger partial charge in [-0.05, 0) is 131 Å². The van der Waals surface area contributed by atoms with E-state index in [0.717, 1.165) is 25.2 Å². The highest BCUT2D eigenvalue weighted by molar-refractivity contribution is 6.37. The van der Waals surface area contributed by atoms with Gasteiger partial charge in [-0.2, -0.15) is 65.9 Å². The van der Waals surface area contributed by atoms with Crippen LogP contribution in [0.25, 0.3) is 0 Å². The van der Waals surface area contributed by atoms with Crippen LogP contribution in [0.1, 0.15) is 141 Å². The summed E-state index contributed by atoms with van der Waals surface area (Å²) in [5, 5.41) is 34.4. The zero-order valence-corrected chi connectivity index (χ0v) is 47.1. The molecule has 7 aromatic carbocycles. The number of fused-ring (bicyclic) bond motifs is 4. The van der Waals surface area contributed by atoms with Crippen LogP contribution in [0, 0.1) is 0 Å². The van der Waals surface area contributed by atoms with Gasteiger partial charge in [0.15, 0.2) is 0 Å². The fourth-order valence-corrected chi connectivity index (χ4v) is 12.2. The lowest BCUT2D eigenvalue weighted by Gasteiger charge is -2.38. The topological polar surface area (TPSA) is 239 Å². The van der Waals surface area contributed by atoms with E-state index < -0.39 is 212 Å². The molecule has 95 heavy (non-hydrogen) atoms. The van der Waals surface area contributed by atoms with Gasteiger partial charge in [-0.3, -0.25) is 43.3 Å². The predicted molar refractivity (Wildman–Crippen MR) is 300 cm³/mol. The molecule has 4 aliphatic rings. The Labute approximate surface area is 521 Å². The van der Waals surface area contributed by atoms with E-state index in [-0.39, 0.29) is 76.3 Å². The van der Waals surface area contributed by atoms with E-state index in [0.29, 0.717) is 72.5 Å². The number of carbonyl (C=O) groups excluding carboxylic acids is 8. The smallest absolute Gasteiger partial charge is 0.411 e.